The molecule has 0 saturated heterocycles. The SMILES string of the molecule is Fc1[c-]c2c(cc1)-c1ccc(F)cc1C2.[Cl-].[Cl-].[Zr+2]=[C]1CCC1.c1cc[cH-]c1. The molecule has 1 saturated carbocycles. The van der Waals surface area contributed by atoms with Crippen LogP contribution in [0.2, 0.25) is 0 Å². The van der Waals surface area contributed by atoms with Crippen LogP contribution in [0.1, 0.15) is 30.4 Å². The summed E-state index contributed by atoms with van der Waals surface area (Å²) in [5.74, 6) is -0.607. The quantitative estimate of drug-likeness (QED) is 0.301. The fraction of sp³-hybridized carbons (Fsp3) is 0.182. The molecule has 0 unspecified atom stereocenters. The Kier molecular flexibility index (Phi) is 10.4. The van der Waals surface area contributed by atoms with Gasteiger partial charge in [0, 0.05) is 5.82 Å². The third kappa shape index (κ3) is 6.82. The van der Waals surface area contributed by atoms with E-state index in [0.29, 0.717) is 6.42 Å². The summed E-state index contributed by atoms with van der Waals surface area (Å²) in [6.07, 6.45) is 4.93. The Morgan fingerprint density at radius 2 is 1.56 bits per heavy atom. The van der Waals surface area contributed by atoms with Crippen molar-refractivity contribution < 1.29 is 57.8 Å². The normalized spacial score (nSPS) is 12.5. The van der Waals surface area contributed by atoms with Crippen molar-refractivity contribution in [2.24, 2.45) is 0 Å². The van der Waals surface area contributed by atoms with Crippen LogP contribution in [-0.2, 0) is 30.7 Å². The molecule has 0 heterocycles. The van der Waals surface area contributed by atoms with Crippen LogP contribution < -0.4 is 24.8 Å². The van der Waals surface area contributed by atoms with Crippen LogP contribution in [0.5, 0.6) is 0 Å². The van der Waals surface area contributed by atoms with Gasteiger partial charge in [-0.2, -0.15) is 24.3 Å². The van der Waals surface area contributed by atoms with Gasteiger partial charge in [0.1, 0.15) is 5.82 Å². The Bertz CT molecular complexity index is 788. The smallest absolute Gasteiger partial charge is 0.172 e. The van der Waals surface area contributed by atoms with Gasteiger partial charge in [-0.3, -0.25) is 0 Å². The summed E-state index contributed by atoms with van der Waals surface area (Å²) < 4.78 is 27.7. The molecule has 140 valence electrons. The summed E-state index contributed by atoms with van der Waals surface area (Å²) in [4.78, 5) is 0. The minimum absolute atomic E-state index is 0. The minimum atomic E-state index is -0.359. The van der Waals surface area contributed by atoms with E-state index in [-0.39, 0.29) is 36.4 Å². The molecular weight excluding hydrogens is 464 g/mol. The predicted molar refractivity (Wildman–Crippen MR) is 94.3 cm³/mol. The van der Waals surface area contributed by atoms with E-state index in [1.165, 1.54) is 37.5 Å². The second-order valence-electron chi connectivity index (χ2n) is 6.10. The van der Waals surface area contributed by atoms with E-state index in [1.807, 2.05) is 30.3 Å². The third-order valence-corrected chi connectivity index (χ3v) is 5.46. The summed E-state index contributed by atoms with van der Waals surface area (Å²) in [6.45, 7) is 0. The first kappa shape index (κ1) is 24.0. The van der Waals surface area contributed by atoms with Crippen molar-refractivity contribution in [3.8, 4) is 11.1 Å². The first-order valence-electron chi connectivity index (χ1n) is 8.36. The van der Waals surface area contributed by atoms with Gasteiger partial charge in [0.05, 0.1) is 0 Å². The van der Waals surface area contributed by atoms with Crippen LogP contribution in [0, 0.1) is 17.7 Å². The van der Waals surface area contributed by atoms with Crippen LogP contribution in [-0.4, -0.2) is 3.21 Å². The Hall–Kier alpha value is -1.02. The van der Waals surface area contributed by atoms with Crippen LogP contribution in [0.3, 0.4) is 0 Å². The Labute approximate surface area is 186 Å². The fourth-order valence-corrected chi connectivity index (χ4v) is 3.61. The standard InChI is InChI=1S/C13H7F2.C5H5.C4H6.2ClH.Zr/c14-10-1-3-12-8(6-10)5-9-7-11(15)2-4-13(9)12;1-2-4-5-3-1;1-2-4-3-1;;;/h1-4,6H,5H2;1-5H;1-3H2;2*1H;/q2*-1;;;;+2/p-2. The number of halogens is 4. The molecule has 27 heavy (non-hydrogen) atoms. The zero-order valence-corrected chi connectivity index (χ0v) is 18.6. The first-order chi connectivity index (χ1) is 12.1. The predicted octanol–water partition coefficient (Wildman–Crippen LogP) is -0.361. The van der Waals surface area contributed by atoms with Crippen molar-refractivity contribution in [1.82, 2.24) is 0 Å². The van der Waals surface area contributed by atoms with Crippen molar-refractivity contribution >= 4 is 3.21 Å². The maximum atomic E-state index is 13.0. The fourth-order valence-electron chi connectivity index (χ4n) is 2.74. The van der Waals surface area contributed by atoms with Gasteiger partial charge in [0.15, 0.2) is 0 Å². The van der Waals surface area contributed by atoms with Gasteiger partial charge in [-0.25, -0.2) is 20.9 Å². The Morgan fingerprint density at radius 1 is 0.926 bits per heavy atom. The number of rotatable bonds is 0. The minimum Gasteiger partial charge on any atom is -0.214 e. The first-order valence-corrected chi connectivity index (χ1v) is 9.59. The molecule has 0 amide bonds. The van der Waals surface area contributed by atoms with E-state index in [1.54, 1.807) is 39.6 Å². The molecule has 0 N–H and O–H groups in total. The van der Waals surface area contributed by atoms with Gasteiger partial charge in [-0.05, 0) is 24.1 Å². The Balaban J connectivity index is 0.000000253. The summed E-state index contributed by atoms with van der Waals surface area (Å²) in [5, 5.41) is 0. The molecule has 3 aromatic carbocycles. The molecule has 0 spiro atoms. The van der Waals surface area contributed by atoms with Gasteiger partial charge in [-0.15, -0.1) is 23.3 Å². The zero-order valence-electron chi connectivity index (χ0n) is 14.6. The van der Waals surface area contributed by atoms with E-state index >= 15 is 0 Å². The average Bonchev–Trinajstić information content (AvgIpc) is 3.23. The topological polar surface area (TPSA) is 0 Å². The third-order valence-electron chi connectivity index (χ3n) is 4.23. The summed E-state index contributed by atoms with van der Waals surface area (Å²) in [6, 6.07) is 20.4. The molecule has 2 aliphatic rings. The molecular formula is C22H18Cl2F2Zr-2. The molecule has 3 aromatic rings. The van der Waals surface area contributed by atoms with Gasteiger partial charge in [0.25, 0.3) is 0 Å². The number of hydrogen-bond donors (Lipinski definition) is 0. The van der Waals surface area contributed by atoms with E-state index in [4.69, 9.17) is 0 Å². The van der Waals surface area contributed by atoms with Crippen molar-refractivity contribution in [3.05, 3.63) is 89.5 Å². The van der Waals surface area contributed by atoms with Crippen molar-refractivity contribution in [2.75, 3.05) is 0 Å². The zero-order chi connectivity index (χ0) is 17.6. The number of hydrogen-bond acceptors (Lipinski definition) is 0. The molecule has 5 heteroatoms. The molecule has 5 rings (SSSR count). The van der Waals surface area contributed by atoms with Crippen LogP contribution in [0.4, 0.5) is 8.78 Å². The Morgan fingerprint density at radius 3 is 2.07 bits per heavy atom. The second-order valence-corrected chi connectivity index (χ2v) is 7.83. The molecule has 0 aliphatic heterocycles. The molecule has 0 aromatic heterocycles. The van der Waals surface area contributed by atoms with Crippen LogP contribution >= 0.6 is 0 Å². The van der Waals surface area contributed by atoms with Crippen molar-refractivity contribution in [2.45, 2.75) is 25.7 Å². The summed E-state index contributed by atoms with van der Waals surface area (Å²) in [7, 11) is 0. The maximum absolute atomic E-state index is 13.0. The van der Waals surface area contributed by atoms with Gasteiger partial charge < -0.3 is 24.8 Å². The maximum Gasteiger partial charge on any atom is -0.172 e. The van der Waals surface area contributed by atoms with Gasteiger partial charge in [-0.1, -0.05) is 11.6 Å². The molecule has 2 aliphatic carbocycles. The van der Waals surface area contributed by atoms with Crippen molar-refractivity contribution in [3.63, 3.8) is 0 Å². The molecule has 0 radical (unpaired) electrons. The largest absolute Gasteiger partial charge is 0.214 e. The second kappa shape index (κ2) is 11.7. The molecule has 0 bridgehead atoms. The van der Waals surface area contributed by atoms with E-state index in [9.17, 15) is 8.78 Å². The number of benzene rings is 2. The van der Waals surface area contributed by atoms with Gasteiger partial charge in [0.2, 0.25) is 0 Å². The van der Waals surface area contributed by atoms with E-state index in [2.05, 4.69) is 6.07 Å². The van der Waals surface area contributed by atoms with Crippen LogP contribution in [0.25, 0.3) is 11.1 Å². The van der Waals surface area contributed by atoms with Gasteiger partial charge >= 0.3 is 46.7 Å². The average molecular weight is 483 g/mol. The monoisotopic (exact) mass is 480 g/mol. The summed E-state index contributed by atoms with van der Waals surface area (Å²) >= 11 is 1.67. The molecule has 1 fully saturated rings. The summed E-state index contributed by atoms with van der Waals surface area (Å²) in [5.41, 5.74) is 3.68. The van der Waals surface area contributed by atoms with Crippen LogP contribution in [0.15, 0.2) is 60.7 Å². The molecule has 0 nitrogen and oxygen atoms in total. The van der Waals surface area contributed by atoms with E-state index < -0.39 is 0 Å². The van der Waals surface area contributed by atoms with E-state index in [0.717, 1.165) is 22.3 Å². The molecule has 0 atom stereocenters. The van der Waals surface area contributed by atoms with Crippen molar-refractivity contribution in [1.29, 1.82) is 0 Å². The number of fused-ring (bicyclic) bond motifs is 3.